The van der Waals surface area contributed by atoms with Gasteiger partial charge in [-0.15, -0.1) is 0 Å². The summed E-state index contributed by atoms with van der Waals surface area (Å²) in [5.41, 5.74) is 1.05. The summed E-state index contributed by atoms with van der Waals surface area (Å²) >= 11 is 0. The third-order valence-electron chi connectivity index (χ3n) is 4.63. The molecule has 1 atom stereocenters. The third kappa shape index (κ3) is 3.99. The third-order valence-corrected chi connectivity index (χ3v) is 4.63. The van der Waals surface area contributed by atoms with Crippen LogP contribution in [0.15, 0.2) is 28.8 Å². The van der Waals surface area contributed by atoms with Gasteiger partial charge in [-0.3, -0.25) is 9.69 Å². The Kier molecular flexibility index (Phi) is 5.33. The number of nitrogens with zero attached hydrogens (tertiary/aromatic N) is 4. The van der Waals surface area contributed by atoms with Gasteiger partial charge in [0.15, 0.2) is 5.82 Å². The summed E-state index contributed by atoms with van der Waals surface area (Å²) in [7, 11) is 3.67. The van der Waals surface area contributed by atoms with Crippen molar-refractivity contribution in [1.82, 2.24) is 19.9 Å². The fraction of sp³-hybridized carbons (Fsp3) is 0.500. The molecule has 1 aromatic carbocycles. The van der Waals surface area contributed by atoms with Crippen LogP contribution in [0.2, 0.25) is 0 Å². The first-order chi connectivity index (χ1) is 12.1. The Hall–Kier alpha value is -2.41. The van der Waals surface area contributed by atoms with Gasteiger partial charge in [-0.05, 0) is 32.0 Å². The van der Waals surface area contributed by atoms with Crippen molar-refractivity contribution in [2.75, 3.05) is 33.8 Å². The van der Waals surface area contributed by atoms with Gasteiger partial charge >= 0.3 is 0 Å². The number of likely N-dealkylation sites (N-methyl/N-ethyl adjacent to an activating group) is 1. The minimum atomic E-state index is -0.0508. The molecule has 1 amide bonds. The fourth-order valence-corrected chi connectivity index (χ4v) is 3.12. The Morgan fingerprint density at radius 2 is 2.16 bits per heavy atom. The van der Waals surface area contributed by atoms with E-state index in [1.807, 2.05) is 36.2 Å². The van der Waals surface area contributed by atoms with Crippen molar-refractivity contribution < 1.29 is 14.1 Å². The molecule has 0 aliphatic carbocycles. The van der Waals surface area contributed by atoms with Crippen molar-refractivity contribution in [2.45, 2.75) is 25.8 Å². The van der Waals surface area contributed by atoms with Crippen molar-refractivity contribution in [2.24, 2.45) is 0 Å². The number of ether oxygens (including phenoxy) is 1. The van der Waals surface area contributed by atoms with Crippen LogP contribution in [0.25, 0.3) is 0 Å². The van der Waals surface area contributed by atoms with Gasteiger partial charge in [0.1, 0.15) is 11.8 Å². The summed E-state index contributed by atoms with van der Waals surface area (Å²) in [5.74, 6) is 2.15. The lowest BCUT2D eigenvalue weighted by atomic mass is 10.1. The van der Waals surface area contributed by atoms with E-state index in [0.29, 0.717) is 37.6 Å². The molecule has 0 bridgehead atoms. The van der Waals surface area contributed by atoms with E-state index in [4.69, 9.17) is 9.26 Å². The summed E-state index contributed by atoms with van der Waals surface area (Å²) in [5, 5.41) is 3.86. The second-order valence-corrected chi connectivity index (χ2v) is 6.33. The number of para-hydroxylation sites is 1. The molecule has 25 heavy (non-hydrogen) atoms. The van der Waals surface area contributed by atoms with E-state index in [-0.39, 0.29) is 11.9 Å². The van der Waals surface area contributed by atoms with Crippen LogP contribution in [0.3, 0.4) is 0 Å². The standard InChI is InChI=1S/C18H24N4O3/c1-13-19-18(25-20-13)15-12-22(11-10-21(15)2)17(23)9-8-14-6-4-5-7-16(14)24-3/h4-7,15H,8-12H2,1-3H3. The van der Waals surface area contributed by atoms with Crippen LogP contribution in [0, 0.1) is 6.92 Å². The highest BCUT2D eigenvalue weighted by Gasteiger charge is 2.31. The Morgan fingerprint density at radius 3 is 2.88 bits per heavy atom. The van der Waals surface area contributed by atoms with E-state index < -0.39 is 0 Å². The van der Waals surface area contributed by atoms with Crippen LogP contribution in [0.5, 0.6) is 5.75 Å². The molecule has 1 aliphatic heterocycles. The molecule has 2 aromatic rings. The summed E-state index contributed by atoms with van der Waals surface area (Å²) in [6.07, 6.45) is 1.12. The average molecular weight is 344 g/mol. The van der Waals surface area contributed by atoms with Gasteiger partial charge in [0, 0.05) is 26.1 Å². The Labute approximate surface area is 147 Å². The van der Waals surface area contributed by atoms with Crippen molar-refractivity contribution in [3.63, 3.8) is 0 Å². The number of aryl methyl sites for hydroxylation is 2. The van der Waals surface area contributed by atoms with E-state index in [9.17, 15) is 4.79 Å². The molecule has 7 nitrogen and oxygen atoms in total. The van der Waals surface area contributed by atoms with Crippen molar-refractivity contribution >= 4 is 5.91 Å². The number of benzene rings is 1. The maximum Gasteiger partial charge on any atom is 0.245 e. The molecular weight excluding hydrogens is 320 g/mol. The van der Waals surface area contributed by atoms with Crippen LogP contribution in [0.1, 0.15) is 29.7 Å². The molecule has 1 fully saturated rings. The lowest BCUT2D eigenvalue weighted by molar-refractivity contribution is -0.134. The molecule has 0 saturated carbocycles. The van der Waals surface area contributed by atoms with Crippen LogP contribution in [0.4, 0.5) is 0 Å². The first-order valence-corrected chi connectivity index (χ1v) is 8.48. The van der Waals surface area contributed by atoms with E-state index in [0.717, 1.165) is 17.9 Å². The predicted molar refractivity (Wildman–Crippen MR) is 92.3 cm³/mol. The zero-order valence-electron chi connectivity index (χ0n) is 14.9. The van der Waals surface area contributed by atoms with Crippen molar-refractivity contribution in [3.8, 4) is 5.75 Å². The van der Waals surface area contributed by atoms with Crippen LogP contribution >= 0.6 is 0 Å². The van der Waals surface area contributed by atoms with Gasteiger partial charge in [-0.1, -0.05) is 23.4 Å². The van der Waals surface area contributed by atoms with Gasteiger partial charge in [0.05, 0.1) is 7.11 Å². The van der Waals surface area contributed by atoms with Gasteiger partial charge in [-0.25, -0.2) is 0 Å². The molecule has 134 valence electrons. The number of methoxy groups -OCH3 is 1. The Morgan fingerprint density at radius 1 is 1.36 bits per heavy atom. The second-order valence-electron chi connectivity index (χ2n) is 6.33. The molecule has 3 rings (SSSR count). The number of piperazine rings is 1. The number of hydrogen-bond acceptors (Lipinski definition) is 6. The highest BCUT2D eigenvalue weighted by atomic mass is 16.5. The molecule has 1 aromatic heterocycles. The number of aromatic nitrogens is 2. The monoisotopic (exact) mass is 344 g/mol. The number of carbonyl (C=O) groups is 1. The maximum atomic E-state index is 12.7. The Balaban J connectivity index is 1.62. The average Bonchev–Trinajstić information content (AvgIpc) is 3.06. The molecule has 7 heteroatoms. The minimum absolute atomic E-state index is 0.0508. The molecule has 1 unspecified atom stereocenters. The van der Waals surface area contributed by atoms with Crippen LogP contribution < -0.4 is 4.74 Å². The van der Waals surface area contributed by atoms with Crippen molar-refractivity contribution in [3.05, 3.63) is 41.5 Å². The summed E-state index contributed by atoms with van der Waals surface area (Å²) in [6.45, 7) is 3.87. The number of hydrogen-bond donors (Lipinski definition) is 0. The van der Waals surface area contributed by atoms with Crippen LogP contribution in [-0.4, -0.2) is 59.6 Å². The Bertz CT molecular complexity index is 731. The smallest absolute Gasteiger partial charge is 0.245 e. The zero-order chi connectivity index (χ0) is 17.8. The van der Waals surface area contributed by atoms with E-state index in [1.54, 1.807) is 14.0 Å². The molecular formula is C18H24N4O3. The van der Waals surface area contributed by atoms with E-state index in [2.05, 4.69) is 15.0 Å². The first-order valence-electron chi connectivity index (χ1n) is 8.48. The molecule has 1 saturated heterocycles. The molecule has 0 N–H and O–H groups in total. The van der Waals surface area contributed by atoms with E-state index in [1.165, 1.54) is 0 Å². The summed E-state index contributed by atoms with van der Waals surface area (Å²) < 4.78 is 10.7. The molecule has 0 radical (unpaired) electrons. The highest BCUT2D eigenvalue weighted by Crippen LogP contribution is 2.24. The summed E-state index contributed by atoms with van der Waals surface area (Å²) in [6, 6.07) is 7.77. The number of rotatable bonds is 5. The highest BCUT2D eigenvalue weighted by molar-refractivity contribution is 5.76. The zero-order valence-corrected chi connectivity index (χ0v) is 14.9. The summed E-state index contributed by atoms with van der Waals surface area (Å²) in [4.78, 5) is 21.0. The largest absolute Gasteiger partial charge is 0.496 e. The maximum absolute atomic E-state index is 12.7. The number of amides is 1. The van der Waals surface area contributed by atoms with Gasteiger partial charge in [0.25, 0.3) is 0 Å². The van der Waals surface area contributed by atoms with Gasteiger partial charge < -0.3 is 14.2 Å². The topological polar surface area (TPSA) is 71.7 Å². The molecule has 1 aliphatic rings. The van der Waals surface area contributed by atoms with Crippen molar-refractivity contribution in [1.29, 1.82) is 0 Å². The quantitative estimate of drug-likeness (QED) is 0.824. The lowest BCUT2D eigenvalue weighted by Gasteiger charge is -2.37. The SMILES string of the molecule is COc1ccccc1CCC(=O)N1CCN(C)C(c2nc(C)no2)C1. The number of carbonyl (C=O) groups excluding carboxylic acids is 1. The lowest BCUT2D eigenvalue weighted by Crippen LogP contribution is -2.49. The normalized spacial score (nSPS) is 18.4. The first kappa shape index (κ1) is 17.4. The fourth-order valence-electron chi connectivity index (χ4n) is 3.12. The minimum Gasteiger partial charge on any atom is -0.496 e. The van der Waals surface area contributed by atoms with Gasteiger partial charge in [0.2, 0.25) is 11.8 Å². The van der Waals surface area contributed by atoms with Gasteiger partial charge in [-0.2, -0.15) is 4.98 Å². The predicted octanol–water partition coefficient (Wildman–Crippen LogP) is 1.83. The van der Waals surface area contributed by atoms with E-state index >= 15 is 0 Å². The molecule has 0 spiro atoms. The second kappa shape index (κ2) is 7.65. The van der Waals surface area contributed by atoms with Crippen LogP contribution in [-0.2, 0) is 11.2 Å². The molecule has 2 heterocycles.